The van der Waals surface area contributed by atoms with Crippen LogP contribution in [-0.4, -0.2) is 60.4 Å². The van der Waals surface area contributed by atoms with E-state index >= 15 is 0 Å². The summed E-state index contributed by atoms with van der Waals surface area (Å²) < 4.78 is 5.80. The van der Waals surface area contributed by atoms with Gasteiger partial charge < -0.3 is 15.2 Å². The van der Waals surface area contributed by atoms with E-state index < -0.39 is 0 Å². The summed E-state index contributed by atoms with van der Waals surface area (Å²) in [6, 6.07) is 0. The first-order valence-corrected chi connectivity index (χ1v) is 8.90. The number of nitrogens with one attached hydrogen (secondary N) is 1. The van der Waals surface area contributed by atoms with E-state index in [9.17, 15) is 9.90 Å². The van der Waals surface area contributed by atoms with Crippen molar-refractivity contribution in [1.82, 2.24) is 10.2 Å². The topological polar surface area (TPSA) is 61.8 Å². The zero-order valence-electron chi connectivity index (χ0n) is 13.7. The van der Waals surface area contributed by atoms with Crippen molar-refractivity contribution in [2.24, 2.45) is 5.92 Å². The molecule has 0 radical (unpaired) electrons. The van der Waals surface area contributed by atoms with E-state index in [0.29, 0.717) is 19.2 Å². The molecular weight excluding hydrogens is 280 g/mol. The van der Waals surface area contributed by atoms with Gasteiger partial charge in [0.2, 0.25) is 5.91 Å². The molecule has 3 atom stereocenters. The number of hydrogen-bond acceptors (Lipinski definition) is 4. The van der Waals surface area contributed by atoms with Gasteiger partial charge in [-0.2, -0.15) is 0 Å². The van der Waals surface area contributed by atoms with Crippen LogP contribution in [0.4, 0.5) is 0 Å². The molecule has 0 aromatic heterocycles. The molecule has 0 aromatic rings. The molecule has 2 bridgehead atoms. The summed E-state index contributed by atoms with van der Waals surface area (Å²) in [6.07, 6.45) is 9.46. The fourth-order valence-electron chi connectivity index (χ4n) is 4.59. The normalized spacial score (nSPS) is 33.3. The van der Waals surface area contributed by atoms with Crippen LogP contribution in [-0.2, 0) is 9.53 Å². The number of amides is 1. The second-order valence-electron chi connectivity index (χ2n) is 7.36. The number of rotatable bonds is 6. The highest BCUT2D eigenvalue weighted by molar-refractivity contribution is 5.79. The number of carbonyl (C=O) groups is 1. The van der Waals surface area contributed by atoms with E-state index in [0.717, 1.165) is 32.1 Å². The summed E-state index contributed by atoms with van der Waals surface area (Å²) in [5, 5.41) is 12.5. The number of likely N-dealkylation sites (N-methyl/N-ethyl adjacent to an activating group) is 1. The van der Waals surface area contributed by atoms with Crippen LogP contribution in [0.15, 0.2) is 0 Å². The van der Waals surface area contributed by atoms with E-state index in [2.05, 4.69) is 17.3 Å². The van der Waals surface area contributed by atoms with Crippen LogP contribution in [0.5, 0.6) is 0 Å². The SMILES string of the molecule is CN(CCO)C1(CNC(=O)C2CC3CCC2O3)CCCCC1. The molecule has 2 saturated heterocycles. The number of aliphatic hydroxyl groups excluding tert-OH is 1. The number of carbonyl (C=O) groups excluding carboxylic acids is 1. The summed E-state index contributed by atoms with van der Waals surface area (Å²) in [5.74, 6) is 0.233. The predicted molar refractivity (Wildman–Crippen MR) is 84.5 cm³/mol. The molecule has 22 heavy (non-hydrogen) atoms. The molecular formula is C17H30N2O3. The van der Waals surface area contributed by atoms with Crippen LogP contribution < -0.4 is 5.32 Å². The maximum absolute atomic E-state index is 12.5. The summed E-state index contributed by atoms with van der Waals surface area (Å²) in [7, 11) is 2.08. The van der Waals surface area contributed by atoms with E-state index in [1.54, 1.807) is 0 Å². The van der Waals surface area contributed by atoms with Crippen molar-refractivity contribution >= 4 is 5.91 Å². The van der Waals surface area contributed by atoms with Gasteiger partial charge in [0.15, 0.2) is 0 Å². The molecule has 2 heterocycles. The lowest BCUT2D eigenvalue weighted by Crippen LogP contribution is -2.56. The number of fused-ring (bicyclic) bond motifs is 2. The average Bonchev–Trinajstić information content (AvgIpc) is 3.17. The monoisotopic (exact) mass is 310 g/mol. The number of β-amino-alcohol motifs (C(OH)–C–C–N with tert-alkyl or cyclic N) is 1. The Morgan fingerprint density at radius 1 is 1.32 bits per heavy atom. The highest BCUT2D eigenvalue weighted by Crippen LogP contribution is 2.39. The minimum absolute atomic E-state index is 0.0229. The molecule has 5 heteroatoms. The first-order chi connectivity index (χ1) is 10.6. The van der Waals surface area contributed by atoms with Gasteiger partial charge in [0.25, 0.3) is 0 Å². The summed E-state index contributed by atoms with van der Waals surface area (Å²) in [4.78, 5) is 14.8. The smallest absolute Gasteiger partial charge is 0.225 e. The highest BCUT2D eigenvalue weighted by atomic mass is 16.5. The van der Waals surface area contributed by atoms with Gasteiger partial charge in [-0.1, -0.05) is 19.3 Å². The second kappa shape index (κ2) is 6.85. The zero-order valence-corrected chi connectivity index (χ0v) is 13.7. The van der Waals surface area contributed by atoms with Gasteiger partial charge in [0.05, 0.1) is 24.7 Å². The first kappa shape index (κ1) is 16.2. The van der Waals surface area contributed by atoms with Crippen molar-refractivity contribution in [1.29, 1.82) is 0 Å². The Bertz CT molecular complexity index is 395. The average molecular weight is 310 g/mol. The Balaban J connectivity index is 1.57. The van der Waals surface area contributed by atoms with Crippen LogP contribution in [0, 0.1) is 5.92 Å². The Labute approximate surface area is 133 Å². The van der Waals surface area contributed by atoms with Gasteiger partial charge >= 0.3 is 0 Å². The molecule has 126 valence electrons. The van der Waals surface area contributed by atoms with Gasteiger partial charge in [-0.15, -0.1) is 0 Å². The minimum Gasteiger partial charge on any atom is -0.395 e. The summed E-state index contributed by atoms with van der Waals surface area (Å²) >= 11 is 0. The van der Waals surface area contributed by atoms with Crippen molar-refractivity contribution < 1.29 is 14.6 Å². The van der Waals surface area contributed by atoms with Crippen LogP contribution in [0.1, 0.15) is 51.4 Å². The molecule has 3 aliphatic rings. The maximum atomic E-state index is 12.5. The van der Waals surface area contributed by atoms with Gasteiger partial charge in [0, 0.05) is 18.6 Å². The van der Waals surface area contributed by atoms with Crippen molar-refractivity contribution in [2.45, 2.75) is 69.1 Å². The fraction of sp³-hybridized carbons (Fsp3) is 0.941. The maximum Gasteiger partial charge on any atom is 0.225 e. The highest BCUT2D eigenvalue weighted by Gasteiger charge is 2.45. The lowest BCUT2D eigenvalue weighted by atomic mass is 9.80. The largest absolute Gasteiger partial charge is 0.395 e. The third kappa shape index (κ3) is 3.17. The van der Waals surface area contributed by atoms with Crippen molar-refractivity contribution in [2.75, 3.05) is 26.7 Å². The molecule has 0 spiro atoms. The Kier molecular flexibility index (Phi) is 5.05. The van der Waals surface area contributed by atoms with Crippen LogP contribution in [0.3, 0.4) is 0 Å². The molecule has 2 aliphatic heterocycles. The molecule has 5 nitrogen and oxygen atoms in total. The number of hydrogen-bond donors (Lipinski definition) is 2. The molecule has 1 aliphatic carbocycles. The van der Waals surface area contributed by atoms with Crippen molar-refractivity contribution in [3.05, 3.63) is 0 Å². The molecule has 1 amide bonds. The number of nitrogens with zero attached hydrogens (tertiary/aromatic N) is 1. The molecule has 0 aromatic carbocycles. The number of aliphatic hydroxyl groups is 1. The fourth-order valence-corrected chi connectivity index (χ4v) is 4.59. The van der Waals surface area contributed by atoms with E-state index in [-0.39, 0.29) is 30.1 Å². The van der Waals surface area contributed by atoms with Crippen LogP contribution in [0.25, 0.3) is 0 Å². The molecule has 3 unspecified atom stereocenters. The standard InChI is InChI=1S/C17H30N2O3/c1-19(9-10-20)17(7-3-2-4-8-17)12-18-16(21)14-11-13-5-6-15(14)22-13/h13-15,20H,2-12H2,1H3,(H,18,21). The predicted octanol–water partition coefficient (Wildman–Crippen LogP) is 1.30. The van der Waals surface area contributed by atoms with Gasteiger partial charge in [-0.05, 0) is 39.2 Å². The van der Waals surface area contributed by atoms with Crippen LogP contribution in [0.2, 0.25) is 0 Å². The molecule has 1 saturated carbocycles. The van der Waals surface area contributed by atoms with Crippen LogP contribution >= 0.6 is 0 Å². The second-order valence-corrected chi connectivity index (χ2v) is 7.36. The third-order valence-electron chi connectivity index (χ3n) is 6.06. The number of ether oxygens (including phenoxy) is 1. The minimum atomic E-state index is 0.0229. The van der Waals surface area contributed by atoms with Crippen molar-refractivity contribution in [3.8, 4) is 0 Å². The van der Waals surface area contributed by atoms with E-state index in [1.807, 2.05) is 0 Å². The van der Waals surface area contributed by atoms with Gasteiger partial charge in [-0.25, -0.2) is 0 Å². The summed E-state index contributed by atoms with van der Waals surface area (Å²) in [5.41, 5.74) is 0.0229. The third-order valence-corrected chi connectivity index (χ3v) is 6.06. The molecule has 3 fully saturated rings. The lowest BCUT2D eigenvalue weighted by Gasteiger charge is -2.45. The van der Waals surface area contributed by atoms with Gasteiger partial charge in [-0.3, -0.25) is 9.69 Å². The van der Waals surface area contributed by atoms with Gasteiger partial charge in [0.1, 0.15) is 0 Å². The Morgan fingerprint density at radius 2 is 2.09 bits per heavy atom. The first-order valence-electron chi connectivity index (χ1n) is 8.90. The van der Waals surface area contributed by atoms with E-state index in [4.69, 9.17) is 4.74 Å². The Morgan fingerprint density at radius 3 is 2.68 bits per heavy atom. The molecule has 2 N–H and O–H groups in total. The van der Waals surface area contributed by atoms with Crippen molar-refractivity contribution in [3.63, 3.8) is 0 Å². The Hall–Kier alpha value is -0.650. The quantitative estimate of drug-likeness (QED) is 0.776. The summed E-state index contributed by atoms with van der Waals surface area (Å²) in [6.45, 7) is 1.55. The lowest BCUT2D eigenvalue weighted by molar-refractivity contribution is -0.127. The molecule has 3 rings (SSSR count). The van der Waals surface area contributed by atoms with E-state index in [1.165, 1.54) is 19.3 Å². The zero-order chi connectivity index (χ0) is 15.6.